The molecule has 4 aromatic rings. The lowest BCUT2D eigenvalue weighted by molar-refractivity contribution is 0.181. The average Bonchev–Trinajstić information content (AvgIpc) is 3.62. The van der Waals surface area contributed by atoms with Crippen LogP contribution in [-0.2, 0) is 25.9 Å². The number of carbonyl (C=O) groups excluding carboxylic acids is 1. The number of thiophene rings is 2. The topological polar surface area (TPSA) is 46.5 Å². The summed E-state index contributed by atoms with van der Waals surface area (Å²) in [7, 11) is 1.66. The minimum atomic E-state index is -0.126. The van der Waals surface area contributed by atoms with E-state index in [1.54, 1.807) is 18.4 Å². The maximum atomic E-state index is 13.8. The number of fused-ring (bicyclic) bond motifs is 5. The molecule has 3 aromatic heterocycles. The van der Waals surface area contributed by atoms with Crippen LogP contribution in [0, 0.1) is 0 Å². The molecule has 1 atom stereocenters. The SMILES string of the molecule is COc1cccc(CNC(=O)N2Cc3c(sc4c3CCCC4)-n3cccc3[C@H]2c2cccs2)c1. The van der Waals surface area contributed by atoms with Crippen molar-refractivity contribution >= 4 is 28.7 Å². The lowest BCUT2D eigenvalue weighted by Gasteiger charge is -2.30. The number of amides is 2. The van der Waals surface area contributed by atoms with Crippen molar-refractivity contribution in [1.29, 1.82) is 0 Å². The predicted molar refractivity (Wildman–Crippen MR) is 137 cm³/mol. The lowest BCUT2D eigenvalue weighted by atomic mass is 9.95. The van der Waals surface area contributed by atoms with Crippen molar-refractivity contribution in [2.75, 3.05) is 7.11 Å². The van der Waals surface area contributed by atoms with Crippen LogP contribution in [0.1, 0.15) is 51.0 Å². The van der Waals surface area contributed by atoms with E-state index >= 15 is 0 Å². The standard InChI is InChI=1S/C27H27N3O2S2/c1-32-19-8-4-7-18(15-19)16-28-27(31)30-17-21-20-9-2-3-11-23(20)34-26(21)29-13-5-10-22(29)25(30)24-12-6-14-33-24/h4-8,10,12-15,25H,2-3,9,11,16-17H2,1H3,(H,28,31)/t25-/m0/s1. The Morgan fingerprint density at radius 3 is 2.88 bits per heavy atom. The predicted octanol–water partition coefficient (Wildman–Crippen LogP) is 6.30. The Balaban J connectivity index is 1.39. The fourth-order valence-electron chi connectivity index (χ4n) is 5.19. The number of hydrogen-bond acceptors (Lipinski definition) is 4. The van der Waals surface area contributed by atoms with E-state index in [4.69, 9.17) is 4.74 Å². The van der Waals surface area contributed by atoms with E-state index < -0.39 is 0 Å². The average molecular weight is 490 g/mol. The van der Waals surface area contributed by atoms with Gasteiger partial charge in [0.2, 0.25) is 0 Å². The first-order chi connectivity index (χ1) is 16.7. The van der Waals surface area contributed by atoms with Crippen LogP contribution in [-0.4, -0.2) is 22.6 Å². The highest BCUT2D eigenvalue weighted by molar-refractivity contribution is 7.15. The minimum absolute atomic E-state index is 0.0439. The quantitative estimate of drug-likeness (QED) is 0.366. The molecule has 1 aromatic carbocycles. The molecule has 0 bridgehead atoms. The summed E-state index contributed by atoms with van der Waals surface area (Å²) in [5.41, 5.74) is 4.97. The molecule has 0 unspecified atom stereocenters. The number of ether oxygens (including phenoxy) is 1. The van der Waals surface area contributed by atoms with E-state index in [1.165, 1.54) is 38.7 Å². The van der Waals surface area contributed by atoms with Gasteiger partial charge in [-0.3, -0.25) is 0 Å². The number of nitrogens with one attached hydrogen (secondary N) is 1. The molecule has 1 aliphatic heterocycles. The van der Waals surface area contributed by atoms with Gasteiger partial charge in [-0.05, 0) is 72.5 Å². The first-order valence-electron chi connectivity index (χ1n) is 11.7. The van der Waals surface area contributed by atoms with Gasteiger partial charge in [-0.1, -0.05) is 18.2 Å². The molecule has 1 N–H and O–H groups in total. The van der Waals surface area contributed by atoms with E-state index in [2.05, 4.69) is 45.7 Å². The first kappa shape index (κ1) is 21.5. The fourth-order valence-corrected chi connectivity index (χ4v) is 7.45. The van der Waals surface area contributed by atoms with Gasteiger partial charge in [-0.2, -0.15) is 0 Å². The third kappa shape index (κ3) is 3.73. The monoisotopic (exact) mass is 489 g/mol. The molecule has 0 radical (unpaired) electrons. The Labute approximate surface area is 207 Å². The Bertz CT molecular complexity index is 1320. The highest BCUT2D eigenvalue weighted by Gasteiger charge is 2.36. The van der Waals surface area contributed by atoms with Gasteiger partial charge >= 0.3 is 6.03 Å². The number of hydrogen-bond donors (Lipinski definition) is 1. The number of aromatic nitrogens is 1. The molecule has 0 spiro atoms. The molecule has 2 aliphatic rings. The highest BCUT2D eigenvalue weighted by Crippen LogP contribution is 2.44. The molecule has 6 rings (SSSR count). The van der Waals surface area contributed by atoms with Crippen molar-refractivity contribution in [2.24, 2.45) is 0 Å². The Morgan fingerprint density at radius 1 is 1.12 bits per heavy atom. The largest absolute Gasteiger partial charge is 0.497 e. The second-order valence-electron chi connectivity index (χ2n) is 8.85. The molecule has 34 heavy (non-hydrogen) atoms. The number of rotatable bonds is 4. The van der Waals surface area contributed by atoms with Crippen LogP contribution in [0.3, 0.4) is 0 Å². The van der Waals surface area contributed by atoms with Crippen LogP contribution >= 0.6 is 22.7 Å². The van der Waals surface area contributed by atoms with Gasteiger partial charge in [0.25, 0.3) is 0 Å². The van der Waals surface area contributed by atoms with Gasteiger partial charge in [-0.15, -0.1) is 22.7 Å². The van der Waals surface area contributed by atoms with Gasteiger partial charge in [0.05, 0.1) is 19.3 Å². The molecular weight excluding hydrogens is 462 g/mol. The number of aryl methyl sites for hydroxylation is 1. The zero-order chi connectivity index (χ0) is 23.1. The molecular formula is C27H27N3O2S2. The van der Waals surface area contributed by atoms with Crippen LogP contribution in [0.5, 0.6) is 5.75 Å². The Hall–Kier alpha value is -3.03. The molecule has 4 heterocycles. The van der Waals surface area contributed by atoms with E-state index in [-0.39, 0.29) is 12.1 Å². The van der Waals surface area contributed by atoms with Crippen LogP contribution < -0.4 is 10.1 Å². The number of carbonyl (C=O) groups is 1. The van der Waals surface area contributed by atoms with Crippen LogP contribution in [0.2, 0.25) is 0 Å². The molecule has 0 fully saturated rings. The second-order valence-corrected chi connectivity index (χ2v) is 10.9. The van der Waals surface area contributed by atoms with Crippen molar-refractivity contribution in [1.82, 2.24) is 14.8 Å². The number of benzene rings is 1. The highest BCUT2D eigenvalue weighted by atomic mass is 32.1. The Morgan fingerprint density at radius 2 is 2.03 bits per heavy atom. The summed E-state index contributed by atoms with van der Waals surface area (Å²) in [5, 5.41) is 6.58. The van der Waals surface area contributed by atoms with Gasteiger partial charge < -0.3 is 19.5 Å². The maximum Gasteiger partial charge on any atom is 0.318 e. The Kier molecular flexibility index (Phi) is 5.67. The van der Waals surface area contributed by atoms with Gasteiger partial charge in [-0.25, -0.2) is 4.79 Å². The van der Waals surface area contributed by atoms with Crippen molar-refractivity contribution in [3.8, 4) is 10.8 Å². The van der Waals surface area contributed by atoms with Crippen molar-refractivity contribution < 1.29 is 9.53 Å². The maximum absolute atomic E-state index is 13.8. The summed E-state index contributed by atoms with van der Waals surface area (Å²) in [4.78, 5) is 18.5. The van der Waals surface area contributed by atoms with Crippen molar-refractivity contribution in [2.45, 2.75) is 44.8 Å². The fraction of sp³-hybridized carbons (Fsp3) is 0.296. The van der Waals surface area contributed by atoms with E-state index in [1.807, 2.05) is 40.5 Å². The molecule has 7 heteroatoms. The third-order valence-electron chi connectivity index (χ3n) is 6.83. The summed E-state index contributed by atoms with van der Waals surface area (Å²) in [6, 6.07) is 16.2. The summed E-state index contributed by atoms with van der Waals surface area (Å²) >= 11 is 3.63. The minimum Gasteiger partial charge on any atom is -0.497 e. The van der Waals surface area contributed by atoms with Crippen LogP contribution in [0.25, 0.3) is 5.00 Å². The summed E-state index contributed by atoms with van der Waals surface area (Å²) < 4.78 is 7.68. The zero-order valence-corrected chi connectivity index (χ0v) is 20.8. The molecule has 1 aliphatic carbocycles. The van der Waals surface area contributed by atoms with Crippen LogP contribution in [0.4, 0.5) is 4.79 Å². The molecule has 5 nitrogen and oxygen atoms in total. The van der Waals surface area contributed by atoms with Gasteiger partial charge in [0, 0.05) is 28.1 Å². The number of urea groups is 1. The summed E-state index contributed by atoms with van der Waals surface area (Å²) in [6.07, 6.45) is 6.91. The smallest absolute Gasteiger partial charge is 0.318 e. The van der Waals surface area contributed by atoms with Crippen LogP contribution in [0.15, 0.2) is 60.1 Å². The number of methoxy groups -OCH3 is 1. The molecule has 2 amide bonds. The van der Waals surface area contributed by atoms with E-state index in [0.717, 1.165) is 29.8 Å². The zero-order valence-electron chi connectivity index (χ0n) is 19.1. The summed E-state index contributed by atoms with van der Waals surface area (Å²) in [5.74, 6) is 0.797. The van der Waals surface area contributed by atoms with Crippen molar-refractivity contribution in [3.05, 3.63) is 92.2 Å². The second kappa shape index (κ2) is 8.96. The van der Waals surface area contributed by atoms with E-state index in [0.29, 0.717) is 13.1 Å². The summed E-state index contributed by atoms with van der Waals surface area (Å²) in [6.45, 7) is 1.08. The first-order valence-corrected chi connectivity index (χ1v) is 13.4. The molecule has 0 saturated heterocycles. The normalized spacial score (nSPS) is 16.9. The van der Waals surface area contributed by atoms with Crippen molar-refractivity contribution in [3.63, 3.8) is 0 Å². The molecule has 174 valence electrons. The third-order valence-corrected chi connectivity index (χ3v) is 9.09. The lowest BCUT2D eigenvalue weighted by Crippen LogP contribution is -2.41. The van der Waals surface area contributed by atoms with Gasteiger partial charge in [0.1, 0.15) is 16.8 Å². The molecule has 0 saturated carbocycles. The van der Waals surface area contributed by atoms with Gasteiger partial charge in [0.15, 0.2) is 0 Å². The van der Waals surface area contributed by atoms with E-state index in [9.17, 15) is 4.79 Å². The number of nitrogens with zero attached hydrogens (tertiary/aromatic N) is 2.